The predicted molar refractivity (Wildman–Crippen MR) is 58.8 cm³/mol. The van der Waals surface area contributed by atoms with E-state index >= 15 is 0 Å². The largest absolute Gasteiger partial charge is 0.314 e. The first-order valence-electron chi connectivity index (χ1n) is 5.00. The highest BCUT2D eigenvalue weighted by Gasteiger charge is 2.08. The average Bonchev–Trinajstić information content (AvgIpc) is 2.78. The second-order valence-electron chi connectivity index (χ2n) is 3.44. The molecular formula is C11H10FN5. The maximum atomic E-state index is 13.2. The lowest BCUT2D eigenvalue weighted by Crippen LogP contribution is -2.11. The molecule has 0 atom stereocenters. The lowest BCUT2D eigenvalue weighted by atomic mass is 10.2. The van der Waals surface area contributed by atoms with Crippen LogP contribution >= 0.6 is 0 Å². The van der Waals surface area contributed by atoms with Crippen molar-refractivity contribution in [3.05, 3.63) is 41.5 Å². The quantitative estimate of drug-likeness (QED) is 0.855. The average molecular weight is 231 g/mol. The van der Waals surface area contributed by atoms with Crippen LogP contribution in [0.15, 0.2) is 24.4 Å². The summed E-state index contributed by atoms with van der Waals surface area (Å²) in [4.78, 5) is 0. The summed E-state index contributed by atoms with van der Waals surface area (Å²) in [7, 11) is 1.81. The number of halogens is 1. The fourth-order valence-electron chi connectivity index (χ4n) is 1.51. The standard InChI is InChI=1S/C11H10FN5/c1-14-6-10-7-15-16-17(10)9-2-3-11(12)8(4-9)5-13/h2-4,7,14H,6H2,1H3. The molecule has 17 heavy (non-hydrogen) atoms. The summed E-state index contributed by atoms with van der Waals surface area (Å²) >= 11 is 0. The van der Waals surface area contributed by atoms with Crippen molar-refractivity contribution < 1.29 is 4.39 Å². The van der Waals surface area contributed by atoms with Crippen molar-refractivity contribution in [2.75, 3.05) is 7.05 Å². The van der Waals surface area contributed by atoms with Crippen molar-refractivity contribution in [2.24, 2.45) is 0 Å². The highest BCUT2D eigenvalue weighted by atomic mass is 19.1. The van der Waals surface area contributed by atoms with E-state index in [1.54, 1.807) is 23.0 Å². The summed E-state index contributed by atoms with van der Waals surface area (Å²) in [6, 6.07) is 6.05. The zero-order valence-corrected chi connectivity index (χ0v) is 9.18. The van der Waals surface area contributed by atoms with Crippen molar-refractivity contribution in [3.63, 3.8) is 0 Å². The molecule has 2 rings (SSSR count). The zero-order valence-electron chi connectivity index (χ0n) is 9.18. The van der Waals surface area contributed by atoms with Gasteiger partial charge in [0.25, 0.3) is 0 Å². The maximum absolute atomic E-state index is 13.2. The van der Waals surface area contributed by atoms with Crippen LogP contribution in [0.3, 0.4) is 0 Å². The first-order valence-corrected chi connectivity index (χ1v) is 5.00. The minimum absolute atomic E-state index is 0.00610. The molecule has 1 aromatic carbocycles. The van der Waals surface area contributed by atoms with Crippen molar-refractivity contribution in [1.82, 2.24) is 20.3 Å². The van der Waals surface area contributed by atoms with E-state index in [0.29, 0.717) is 12.2 Å². The second-order valence-corrected chi connectivity index (χ2v) is 3.44. The summed E-state index contributed by atoms with van der Waals surface area (Å²) in [6.07, 6.45) is 1.62. The molecule has 0 saturated heterocycles. The van der Waals surface area contributed by atoms with Crippen LogP contribution in [0.1, 0.15) is 11.3 Å². The van der Waals surface area contributed by atoms with Crippen LogP contribution in [-0.4, -0.2) is 22.0 Å². The van der Waals surface area contributed by atoms with Crippen LogP contribution < -0.4 is 5.32 Å². The number of rotatable bonds is 3. The highest BCUT2D eigenvalue weighted by Crippen LogP contribution is 2.14. The Morgan fingerprint density at radius 3 is 3.06 bits per heavy atom. The molecule has 0 bridgehead atoms. The minimum atomic E-state index is -0.536. The molecule has 0 aliphatic carbocycles. The molecule has 0 amide bonds. The topological polar surface area (TPSA) is 66.5 Å². The number of benzene rings is 1. The summed E-state index contributed by atoms with van der Waals surface area (Å²) in [5.74, 6) is -0.536. The van der Waals surface area contributed by atoms with E-state index in [1.165, 1.54) is 12.1 Å². The molecule has 0 aliphatic heterocycles. The van der Waals surface area contributed by atoms with Crippen LogP contribution in [0.2, 0.25) is 0 Å². The molecule has 0 radical (unpaired) electrons. The van der Waals surface area contributed by atoms with Gasteiger partial charge in [0, 0.05) is 6.54 Å². The van der Waals surface area contributed by atoms with E-state index in [1.807, 2.05) is 7.05 Å². The zero-order chi connectivity index (χ0) is 12.3. The van der Waals surface area contributed by atoms with Crippen molar-refractivity contribution in [2.45, 2.75) is 6.54 Å². The lowest BCUT2D eigenvalue weighted by molar-refractivity contribution is 0.622. The molecule has 2 aromatic rings. The first kappa shape index (κ1) is 11.2. The fourth-order valence-corrected chi connectivity index (χ4v) is 1.51. The van der Waals surface area contributed by atoms with Gasteiger partial charge in [0.2, 0.25) is 0 Å². The number of hydrogen-bond acceptors (Lipinski definition) is 4. The summed E-state index contributed by atoms with van der Waals surface area (Å²) < 4.78 is 14.7. The molecule has 0 unspecified atom stereocenters. The highest BCUT2D eigenvalue weighted by molar-refractivity contribution is 5.42. The molecule has 1 heterocycles. The molecule has 86 valence electrons. The Morgan fingerprint density at radius 2 is 2.35 bits per heavy atom. The monoisotopic (exact) mass is 231 g/mol. The molecule has 6 heteroatoms. The second kappa shape index (κ2) is 4.72. The Hall–Kier alpha value is -2.26. The Balaban J connectivity index is 2.46. The van der Waals surface area contributed by atoms with Gasteiger partial charge in [-0.1, -0.05) is 5.21 Å². The fraction of sp³-hybridized carbons (Fsp3) is 0.182. The summed E-state index contributed by atoms with van der Waals surface area (Å²) in [6.45, 7) is 0.590. The number of nitrogens with one attached hydrogen (secondary N) is 1. The summed E-state index contributed by atoms with van der Waals surface area (Å²) in [5.41, 5.74) is 1.45. The van der Waals surface area contributed by atoms with Gasteiger partial charge in [0.05, 0.1) is 23.1 Å². The van der Waals surface area contributed by atoms with E-state index in [9.17, 15) is 4.39 Å². The normalized spacial score (nSPS) is 10.2. The molecule has 0 saturated carbocycles. The Bertz CT molecular complexity index is 569. The molecule has 0 aliphatic rings. The molecule has 0 spiro atoms. The number of hydrogen-bond donors (Lipinski definition) is 1. The lowest BCUT2D eigenvalue weighted by Gasteiger charge is -2.06. The van der Waals surface area contributed by atoms with Crippen LogP contribution in [0.5, 0.6) is 0 Å². The van der Waals surface area contributed by atoms with Gasteiger partial charge in [-0.15, -0.1) is 5.10 Å². The SMILES string of the molecule is CNCc1cnnn1-c1ccc(F)c(C#N)c1. The Labute approximate surface area is 97.5 Å². The molecule has 5 nitrogen and oxygen atoms in total. The van der Waals surface area contributed by atoms with Gasteiger partial charge in [-0.2, -0.15) is 5.26 Å². The number of nitrogens with zero attached hydrogens (tertiary/aromatic N) is 4. The third kappa shape index (κ3) is 2.14. The van der Waals surface area contributed by atoms with Crippen molar-refractivity contribution in [3.8, 4) is 11.8 Å². The molecule has 1 N–H and O–H groups in total. The van der Waals surface area contributed by atoms with E-state index in [0.717, 1.165) is 5.69 Å². The summed E-state index contributed by atoms with van der Waals surface area (Å²) in [5, 5.41) is 19.4. The van der Waals surface area contributed by atoms with E-state index in [-0.39, 0.29) is 5.56 Å². The Morgan fingerprint density at radius 1 is 1.53 bits per heavy atom. The number of nitriles is 1. The van der Waals surface area contributed by atoms with Gasteiger partial charge >= 0.3 is 0 Å². The third-order valence-electron chi connectivity index (χ3n) is 2.29. The smallest absolute Gasteiger partial charge is 0.141 e. The maximum Gasteiger partial charge on any atom is 0.141 e. The third-order valence-corrected chi connectivity index (χ3v) is 2.29. The van der Waals surface area contributed by atoms with E-state index < -0.39 is 5.82 Å². The van der Waals surface area contributed by atoms with Gasteiger partial charge < -0.3 is 5.32 Å². The van der Waals surface area contributed by atoms with Gasteiger partial charge in [-0.25, -0.2) is 9.07 Å². The van der Waals surface area contributed by atoms with Crippen LogP contribution in [0.4, 0.5) is 4.39 Å². The molecular weight excluding hydrogens is 221 g/mol. The van der Waals surface area contributed by atoms with E-state index in [2.05, 4.69) is 15.6 Å². The van der Waals surface area contributed by atoms with Crippen LogP contribution in [0, 0.1) is 17.1 Å². The van der Waals surface area contributed by atoms with Gasteiger partial charge in [-0.3, -0.25) is 0 Å². The molecule has 0 fully saturated rings. The van der Waals surface area contributed by atoms with Crippen molar-refractivity contribution >= 4 is 0 Å². The van der Waals surface area contributed by atoms with Crippen LogP contribution in [0.25, 0.3) is 5.69 Å². The Kier molecular flexibility index (Phi) is 3.12. The van der Waals surface area contributed by atoms with E-state index in [4.69, 9.17) is 5.26 Å². The predicted octanol–water partition coefficient (Wildman–Crippen LogP) is 0.997. The minimum Gasteiger partial charge on any atom is -0.314 e. The van der Waals surface area contributed by atoms with Gasteiger partial charge in [0.15, 0.2) is 0 Å². The van der Waals surface area contributed by atoms with Gasteiger partial charge in [-0.05, 0) is 25.2 Å². The van der Waals surface area contributed by atoms with Crippen LogP contribution in [-0.2, 0) is 6.54 Å². The van der Waals surface area contributed by atoms with Crippen molar-refractivity contribution in [1.29, 1.82) is 5.26 Å². The van der Waals surface area contributed by atoms with Gasteiger partial charge in [0.1, 0.15) is 11.9 Å². The first-order chi connectivity index (χ1) is 8.26. The molecule has 1 aromatic heterocycles. The number of aromatic nitrogens is 3.